The smallest absolute Gasteiger partial charge is 0.244 e. The number of aryl methyl sites for hydroxylation is 1. The number of thiazole rings is 1. The molecule has 10 heteroatoms. The molecule has 3 aromatic rings. The van der Waals surface area contributed by atoms with E-state index in [1.807, 2.05) is 20.8 Å². The van der Waals surface area contributed by atoms with E-state index in [-0.39, 0.29) is 23.1 Å². The summed E-state index contributed by atoms with van der Waals surface area (Å²) in [5, 5.41) is 0.372. The Labute approximate surface area is 198 Å². The van der Waals surface area contributed by atoms with Crippen molar-refractivity contribution >= 4 is 54.8 Å². The van der Waals surface area contributed by atoms with Gasteiger partial charge in [-0.05, 0) is 50.3 Å². The third-order valence-electron chi connectivity index (χ3n) is 5.10. The lowest BCUT2D eigenvalue weighted by Gasteiger charge is -2.24. The van der Waals surface area contributed by atoms with Crippen molar-refractivity contribution in [2.45, 2.75) is 25.7 Å². The fourth-order valence-electron chi connectivity index (χ4n) is 3.18. The summed E-state index contributed by atoms with van der Waals surface area (Å²) in [6.45, 7) is 8.42. The third kappa shape index (κ3) is 6.25. The Morgan fingerprint density at radius 2 is 1.72 bits per heavy atom. The Morgan fingerprint density at radius 3 is 2.34 bits per heavy atom. The lowest BCUT2D eigenvalue weighted by molar-refractivity contribution is -0.116. The number of hydrogen-bond acceptors (Lipinski definition) is 6. The number of carbonyl (C=O) groups is 1. The first-order valence-corrected chi connectivity index (χ1v) is 12.6. The minimum Gasteiger partial charge on any atom is -0.302 e. The molecular weight excluding hydrogens is 473 g/mol. The molecule has 0 aliphatic rings. The van der Waals surface area contributed by atoms with E-state index in [2.05, 4.69) is 9.88 Å². The number of rotatable bonds is 9. The Morgan fingerprint density at radius 1 is 1.06 bits per heavy atom. The van der Waals surface area contributed by atoms with E-state index >= 15 is 0 Å². The van der Waals surface area contributed by atoms with Crippen LogP contribution in [0.2, 0.25) is 0 Å². The highest BCUT2D eigenvalue weighted by molar-refractivity contribution is 7.92. The molecule has 3 rings (SSSR count). The number of halogens is 2. The molecule has 0 unspecified atom stereocenters. The maximum absolute atomic E-state index is 13.6. The van der Waals surface area contributed by atoms with E-state index in [0.29, 0.717) is 28.4 Å². The van der Waals surface area contributed by atoms with E-state index in [0.717, 1.165) is 18.7 Å². The Hall–Kier alpha value is -2.07. The summed E-state index contributed by atoms with van der Waals surface area (Å²) in [6.07, 6.45) is 0. The van der Waals surface area contributed by atoms with Crippen LogP contribution in [0, 0.1) is 12.7 Å². The van der Waals surface area contributed by atoms with Gasteiger partial charge in [0.25, 0.3) is 0 Å². The van der Waals surface area contributed by atoms with Crippen molar-refractivity contribution < 1.29 is 17.6 Å². The first-order chi connectivity index (χ1) is 14.7. The normalized spacial score (nSPS) is 11.5. The van der Waals surface area contributed by atoms with Crippen LogP contribution in [0.15, 0.2) is 47.4 Å². The van der Waals surface area contributed by atoms with Crippen molar-refractivity contribution in [3.63, 3.8) is 0 Å². The van der Waals surface area contributed by atoms with Crippen molar-refractivity contribution in [2.24, 2.45) is 0 Å². The van der Waals surface area contributed by atoms with Crippen molar-refractivity contribution in [2.75, 3.05) is 36.8 Å². The van der Waals surface area contributed by atoms with Gasteiger partial charge in [0.1, 0.15) is 11.6 Å². The van der Waals surface area contributed by atoms with Crippen LogP contribution in [-0.2, 0) is 14.6 Å². The Kier molecular flexibility index (Phi) is 9.15. The molecule has 6 nitrogen and oxygen atoms in total. The quantitative estimate of drug-likeness (QED) is 0.438. The summed E-state index contributed by atoms with van der Waals surface area (Å²) in [5.41, 5.74) is 1.51. The largest absolute Gasteiger partial charge is 0.302 e. The number of sulfone groups is 1. The predicted octanol–water partition coefficient (Wildman–Crippen LogP) is 4.31. The van der Waals surface area contributed by atoms with Crippen LogP contribution in [0.3, 0.4) is 0 Å². The van der Waals surface area contributed by atoms with Crippen LogP contribution in [0.25, 0.3) is 10.2 Å². The summed E-state index contributed by atoms with van der Waals surface area (Å²) >= 11 is 1.18. The summed E-state index contributed by atoms with van der Waals surface area (Å²) in [6, 6.07) is 10.7. The predicted molar refractivity (Wildman–Crippen MR) is 130 cm³/mol. The number of benzene rings is 2. The summed E-state index contributed by atoms with van der Waals surface area (Å²) < 4.78 is 39.9. The summed E-state index contributed by atoms with van der Waals surface area (Å²) in [4.78, 5) is 21.3. The number of anilines is 1. The number of carbonyl (C=O) groups excluding carboxylic acids is 1. The zero-order valence-electron chi connectivity index (χ0n) is 18.2. The van der Waals surface area contributed by atoms with Crippen LogP contribution in [0.1, 0.15) is 19.4 Å². The summed E-state index contributed by atoms with van der Waals surface area (Å²) in [5.74, 6) is -1.59. The fourth-order valence-corrected chi connectivity index (χ4v) is 5.41. The Bertz CT molecular complexity index is 1160. The number of aromatic nitrogens is 1. The van der Waals surface area contributed by atoms with Gasteiger partial charge in [-0.15, -0.1) is 12.4 Å². The molecule has 174 valence electrons. The molecule has 0 atom stereocenters. The molecule has 0 spiro atoms. The van der Waals surface area contributed by atoms with Gasteiger partial charge in [-0.25, -0.2) is 17.8 Å². The van der Waals surface area contributed by atoms with Crippen LogP contribution in [0.5, 0.6) is 0 Å². The number of fused-ring (bicyclic) bond motifs is 1. The number of likely N-dealkylation sites (N-methyl/N-ethyl adjacent to an activating group) is 1. The number of amides is 1. The molecule has 0 radical (unpaired) electrons. The van der Waals surface area contributed by atoms with Gasteiger partial charge in [0.15, 0.2) is 15.0 Å². The molecule has 32 heavy (non-hydrogen) atoms. The van der Waals surface area contributed by atoms with Gasteiger partial charge in [0.05, 0.1) is 15.1 Å². The minimum atomic E-state index is -3.80. The molecule has 2 aromatic carbocycles. The van der Waals surface area contributed by atoms with Gasteiger partial charge in [-0.2, -0.15) is 0 Å². The lowest BCUT2D eigenvalue weighted by atomic mass is 10.2. The maximum atomic E-state index is 13.6. The van der Waals surface area contributed by atoms with E-state index < -0.39 is 21.5 Å². The standard InChI is InChI=1S/C22H26FN3O3S2.ClH/c1-4-25(5-2)12-13-26(22-24-19-11-8-17(23)14-20(19)30-22)21(27)15-31(28,29)18-9-6-16(3)7-10-18;/h6-11,14H,4-5,12-13,15H2,1-3H3;1H. The van der Waals surface area contributed by atoms with E-state index in [4.69, 9.17) is 0 Å². The van der Waals surface area contributed by atoms with Crippen molar-refractivity contribution in [1.82, 2.24) is 9.88 Å². The molecule has 0 bridgehead atoms. The van der Waals surface area contributed by atoms with Gasteiger partial charge in [0.2, 0.25) is 5.91 Å². The molecule has 0 N–H and O–H groups in total. The molecule has 0 saturated carbocycles. The molecule has 0 aliphatic carbocycles. The second kappa shape index (κ2) is 11.2. The fraction of sp³-hybridized carbons (Fsp3) is 0.364. The highest BCUT2D eigenvalue weighted by Crippen LogP contribution is 2.30. The first kappa shape index (κ1) is 26.2. The number of hydrogen-bond donors (Lipinski definition) is 0. The monoisotopic (exact) mass is 499 g/mol. The Balaban J connectivity index is 0.00000363. The zero-order chi connectivity index (χ0) is 22.6. The van der Waals surface area contributed by atoms with Gasteiger partial charge < -0.3 is 4.90 Å². The van der Waals surface area contributed by atoms with Gasteiger partial charge >= 0.3 is 0 Å². The van der Waals surface area contributed by atoms with Crippen molar-refractivity contribution in [1.29, 1.82) is 0 Å². The van der Waals surface area contributed by atoms with E-state index in [9.17, 15) is 17.6 Å². The minimum absolute atomic E-state index is 0. The van der Waals surface area contributed by atoms with Crippen LogP contribution >= 0.6 is 23.7 Å². The second-order valence-corrected chi connectivity index (χ2v) is 10.3. The topological polar surface area (TPSA) is 70.6 Å². The SMILES string of the molecule is CCN(CC)CCN(C(=O)CS(=O)(=O)c1ccc(C)cc1)c1nc2ccc(F)cc2s1.Cl. The molecular formula is C22H27ClFN3O3S2. The van der Waals surface area contributed by atoms with Crippen molar-refractivity contribution in [3.05, 3.63) is 53.8 Å². The molecule has 0 saturated heterocycles. The van der Waals surface area contributed by atoms with Gasteiger partial charge in [-0.3, -0.25) is 9.69 Å². The first-order valence-electron chi connectivity index (χ1n) is 10.1. The average molecular weight is 500 g/mol. The van der Waals surface area contributed by atoms with Crippen LogP contribution < -0.4 is 4.90 Å². The second-order valence-electron chi connectivity index (χ2n) is 7.25. The van der Waals surface area contributed by atoms with Crippen LogP contribution in [0.4, 0.5) is 9.52 Å². The van der Waals surface area contributed by atoms with Gasteiger partial charge in [0, 0.05) is 13.1 Å². The van der Waals surface area contributed by atoms with E-state index in [1.165, 1.54) is 40.5 Å². The molecule has 0 fully saturated rings. The zero-order valence-corrected chi connectivity index (χ0v) is 20.7. The molecule has 1 aromatic heterocycles. The molecule has 1 amide bonds. The molecule has 0 aliphatic heterocycles. The highest BCUT2D eigenvalue weighted by Gasteiger charge is 2.27. The highest BCUT2D eigenvalue weighted by atomic mass is 35.5. The van der Waals surface area contributed by atoms with Crippen LogP contribution in [-0.4, -0.2) is 56.1 Å². The molecule has 1 heterocycles. The van der Waals surface area contributed by atoms with Gasteiger partial charge in [-0.1, -0.05) is 42.9 Å². The third-order valence-corrected chi connectivity index (χ3v) is 7.76. The lowest BCUT2D eigenvalue weighted by Crippen LogP contribution is -2.41. The summed E-state index contributed by atoms with van der Waals surface area (Å²) in [7, 11) is -3.80. The average Bonchev–Trinajstić information content (AvgIpc) is 3.13. The number of nitrogens with zero attached hydrogens (tertiary/aromatic N) is 3. The van der Waals surface area contributed by atoms with Crippen molar-refractivity contribution in [3.8, 4) is 0 Å². The maximum Gasteiger partial charge on any atom is 0.244 e. The van der Waals surface area contributed by atoms with E-state index in [1.54, 1.807) is 18.2 Å².